The van der Waals surface area contributed by atoms with Crippen molar-refractivity contribution in [1.82, 2.24) is 5.32 Å². The van der Waals surface area contributed by atoms with Crippen molar-refractivity contribution < 1.29 is 34.6 Å². The fraction of sp³-hybridized carbons (Fsp3) is 0.429. The number of carboxylic acid groups (broad SMARTS) is 1. The quantitative estimate of drug-likeness (QED) is 0.464. The first-order valence-corrected chi connectivity index (χ1v) is 6.90. The van der Waals surface area contributed by atoms with Crippen LogP contribution in [0.4, 0.5) is 4.79 Å². The first-order valence-electron chi connectivity index (χ1n) is 6.90. The minimum absolute atomic E-state index is 0.149. The van der Waals surface area contributed by atoms with Crippen molar-refractivity contribution in [3.05, 3.63) is 23.8 Å². The molecule has 1 aromatic rings. The van der Waals surface area contributed by atoms with E-state index >= 15 is 0 Å². The second-order valence-electron chi connectivity index (χ2n) is 5.97. The Balaban J connectivity index is 2.91. The topological polar surface area (TPSA) is 136 Å². The Morgan fingerprint density at radius 3 is 2.39 bits per heavy atom. The standard InChI is InChI=1S/C14H20BNO7/c1-14(2,3)23-13(20)16-10(12(18)19)7-8-5-4-6-9(11(8)17)15(21)22/h4-6,10,17,21-22H,7H2,1-3H3,(H,16,20)(H,18,19)/t10-/m0/s1. The first-order chi connectivity index (χ1) is 10.5. The summed E-state index contributed by atoms with van der Waals surface area (Å²) in [5.41, 5.74) is -0.779. The molecule has 0 aliphatic heterocycles. The number of carbonyl (C=O) groups is 2. The fourth-order valence-electron chi connectivity index (χ4n) is 1.85. The summed E-state index contributed by atoms with van der Waals surface area (Å²) < 4.78 is 4.99. The third-order valence-corrected chi connectivity index (χ3v) is 2.84. The zero-order valence-corrected chi connectivity index (χ0v) is 13.1. The Hall–Kier alpha value is -2.26. The van der Waals surface area contributed by atoms with Crippen LogP contribution < -0.4 is 10.8 Å². The molecule has 1 amide bonds. The molecule has 0 aromatic heterocycles. The molecule has 0 aliphatic rings. The Morgan fingerprint density at radius 1 is 1.30 bits per heavy atom. The van der Waals surface area contributed by atoms with Crippen LogP contribution in [0.3, 0.4) is 0 Å². The van der Waals surface area contributed by atoms with Crippen molar-refractivity contribution in [3.8, 4) is 5.75 Å². The molecule has 126 valence electrons. The number of rotatable bonds is 5. The first kappa shape index (κ1) is 18.8. The van der Waals surface area contributed by atoms with Crippen molar-refractivity contribution in [2.45, 2.75) is 38.8 Å². The monoisotopic (exact) mass is 325 g/mol. The van der Waals surface area contributed by atoms with Crippen LogP contribution in [-0.4, -0.2) is 51.1 Å². The molecule has 1 atom stereocenters. The van der Waals surface area contributed by atoms with Crippen LogP contribution in [0.1, 0.15) is 26.3 Å². The average Bonchev–Trinajstić information content (AvgIpc) is 2.37. The lowest BCUT2D eigenvalue weighted by Gasteiger charge is -2.22. The molecule has 23 heavy (non-hydrogen) atoms. The van der Waals surface area contributed by atoms with Crippen LogP contribution in [0.5, 0.6) is 5.75 Å². The van der Waals surface area contributed by atoms with Gasteiger partial charge < -0.3 is 30.3 Å². The fourth-order valence-corrected chi connectivity index (χ4v) is 1.85. The van der Waals surface area contributed by atoms with Gasteiger partial charge in [-0.05, 0) is 26.3 Å². The number of para-hydroxylation sites is 1. The lowest BCUT2D eigenvalue weighted by molar-refractivity contribution is -0.139. The number of carboxylic acids is 1. The van der Waals surface area contributed by atoms with E-state index in [0.29, 0.717) is 0 Å². The van der Waals surface area contributed by atoms with Gasteiger partial charge in [-0.15, -0.1) is 0 Å². The van der Waals surface area contributed by atoms with Crippen LogP contribution >= 0.6 is 0 Å². The number of aromatic hydroxyl groups is 1. The number of amides is 1. The van der Waals surface area contributed by atoms with Gasteiger partial charge in [0.25, 0.3) is 0 Å². The average molecular weight is 325 g/mol. The van der Waals surface area contributed by atoms with Gasteiger partial charge in [0.1, 0.15) is 17.4 Å². The smallest absolute Gasteiger partial charge is 0.492 e. The summed E-state index contributed by atoms with van der Waals surface area (Å²) in [5.74, 6) is -1.75. The predicted octanol–water partition coefficient (Wildman–Crippen LogP) is -0.408. The molecule has 5 N–H and O–H groups in total. The summed E-state index contributed by atoms with van der Waals surface area (Å²) in [7, 11) is -1.89. The summed E-state index contributed by atoms with van der Waals surface area (Å²) in [6, 6.07) is 2.81. The van der Waals surface area contributed by atoms with Gasteiger partial charge in [-0.2, -0.15) is 0 Å². The number of aliphatic carboxylic acids is 1. The van der Waals surface area contributed by atoms with Crippen molar-refractivity contribution in [2.75, 3.05) is 0 Å². The highest BCUT2D eigenvalue weighted by Crippen LogP contribution is 2.17. The minimum atomic E-state index is -1.89. The molecule has 0 aliphatic carbocycles. The molecule has 0 saturated heterocycles. The number of carbonyl (C=O) groups excluding carboxylic acids is 1. The number of ether oxygens (including phenoxy) is 1. The number of alkyl carbamates (subject to hydrolysis) is 1. The SMILES string of the molecule is CC(C)(C)OC(=O)N[C@@H](Cc1cccc(B(O)O)c1O)C(=O)O. The van der Waals surface area contributed by atoms with Gasteiger partial charge in [0.2, 0.25) is 0 Å². The van der Waals surface area contributed by atoms with E-state index in [0.717, 1.165) is 0 Å². The maximum absolute atomic E-state index is 11.7. The van der Waals surface area contributed by atoms with Gasteiger partial charge in [0.15, 0.2) is 0 Å². The highest BCUT2D eigenvalue weighted by Gasteiger charge is 2.26. The van der Waals surface area contributed by atoms with E-state index < -0.39 is 36.6 Å². The normalized spacial score (nSPS) is 12.4. The van der Waals surface area contributed by atoms with E-state index in [1.165, 1.54) is 18.2 Å². The predicted molar refractivity (Wildman–Crippen MR) is 82.4 cm³/mol. The van der Waals surface area contributed by atoms with Gasteiger partial charge >= 0.3 is 19.2 Å². The van der Waals surface area contributed by atoms with Crippen LogP contribution in [0.2, 0.25) is 0 Å². The molecular weight excluding hydrogens is 305 g/mol. The van der Waals surface area contributed by atoms with E-state index in [-0.39, 0.29) is 17.4 Å². The highest BCUT2D eigenvalue weighted by atomic mass is 16.6. The number of nitrogens with one attached hydrogen (secondary N) is 1. The number of hydrogen-bond acceptors (Lipinski definition) is 6. The van der Waals surface area contributed by atoms with Crippen molar-refractivity contribution in [1.29, 1.82) is 0 Å². The van der Waals surface area contributed by atoms with E-state index in [1.54, 1.807) is 20.8 Å². The molecule has 9 heteroatoms. The van der Waals surface area contributed by atoms with Gasteiger partial charge in [0.05, 0.1) is 0 Å². The Morgan fingerprint density at radius 2 is 1.91 bits per heavy atom. The van der Waals surface area contributed by atoms with Crippen LogP contribution in [0.25, 0.3) is 0 Å². The minimum Gasteiger partial charge on any atom is -0.508 e. The Bertz CT molecular complexity index is 583. The molecular formula is C14H20BNO7. The maximum atomic E-state index is 11.7. The van der Waals surface area contributed by atoms with Crippen molar-refractivity contribution >= 4 is 24.6 Å². The summed E-state index contributed by atoms with van der Waals surface area (Å²) in [4.78, 5) is 23.0. The zero-order valence-electron chi connectivity index (χ0n) is 13.1. The number of benzene rings is 1. The van der Waals surface area contributed by atoms with Gasteiger partial charge in [0, 0.05) is 11.9 Å². The molecule has 1 rings (SSSR count). The zero-order chi connectivity index (χ0) is 17.8. The largest absolute Gasteiger partial charge is 0.508 e. The van der Waals surface area contributed by atoms with Gasteiger partial charge in [-0.1, -0.05) is 18.2 Å². The maximum Gasteiger partial charge on any atom is 0.492 e. The number of phenolic OH excluding ortho intramolecular Hbond substituents is 1. The third-order valence-electron chi connectivity index (χ3n) is 2.84. The number of hydrogen-bond donors (Lipinski definition) is 5. The molecule has 0 unspecified atom stereocenters. The molecule has 0 heterocycles. The second-order valence-corrected chi connectivity index (χ2v) is 5.97. The summed E-state index contributed by atoms with van der Waals surface area (Å²) >= 11 is 0. The van der Waals surface area contributed by atoms with Gasteiger partial charge in [-0.25, -0.2) is 9.59 Å². The van der Waals surface area contributed by atoms with E-state index in [2.05, 4.69) is 5.32 Å². The van der Waals surface area contributed by atoms with E-state index in [1.807, 2.05) is 0 Å². The Kier molecular flexibility index (Phi) is 6.00. The molecule has 0 spiro atoms. The molecule has 0 fully saturated rings. The molecule has 1 aromatic carbocycles. The summed E-state index contributed by atoms with van der Waals surface area (Å²) in [6.45, 7) is 4.92. The van der Waals surface area contributed by atoms with Gasteiger partial charge in [-0.3, -0.25) is 0 Å². The van der Waals surface area contributed by atoms with Crippen LogP contribution in [0, 0.1) is 0 Å². The second kappa shape index (κ2) is 7.34. The molecule has 0 radical (unpaired) electrons. The molecule has 0 bridgehead atoms. The highest BCUT2D eigenvalue weighted by molar-refractivity contribution is 6.59. The van der Waals surface area contributed by atoms with Crippen LogP contribution in [0.15, 0.2) is 18.2 Å². The summed E-state index contributed by atoms with van der Waals surface area (Å²) in [6.07, 6.45) is -1.15. The Labute approximate surface area is 133 Å². The van der Waals surface area contributed by atoms with Crippen molar-refractivity contribution in [2.24, 2.45) is 0 Å². The number of phenols is 1. The molecule has 8 nitrogen and oxygen atoms in total. The third kappa shape index (κ3) is 5.80. The summed E-state index contributed by atoms with van der Waals surface area (Å²) in [5, 5.41) is 39.6. The van der Waals surface area contributed by atoms with E-state index in [9.17, 15) is 19.8 Å². The van der Waals surface area contributed by atoms with Crippen LogP contribution in [-0.2, 0) is 16.0 Å². The lowest BCUT2D eigenvalue weighted by Crippen LogP contribution is -2.44. The lowest BCUT2D eigenvalue weighted by atomic mass is 9.78. The van der Waals surface area contributed by atoms with Crippen molar-refractivity contribution in [3.63, 3.8) is 0 Å². The van der Waals surface area contributed by atoms with E-state index in [4.69, 9.17) is 14.8 Å². The molecule has 0 saturated carbocycles.